The lowest BCUT2D eigenvalue weighted by Gasteiger charge is -2.12. The van der Waals surface area contributed by atoms with Crippen molar-refractivity contribution < 1.29 is 12.8 Å². The summed E-state index contributed by atoms with van der Waals surface area (Å²) in [5.41, 5.74) is 1.81. The molecule has 0 aliphatic heterocycles. The zero-order valence-corrected chi connectivity index (χ0v) is 14.6. The fraction of sp³-hybridized carbons (Fsp3) is 0.0588. The number of benzene rings is 2. The van der Waals surface area contributed by atoms with Crippen molar-refractivity contribution in [3.63, 3.8) is 0 Å². The lowest BCUT2D eigenvalue weighted by atomic mass is 10.2. The summed E-state index contributed by atoms with van der Waals surface area (Å²) >= 11 is 3.26. The fourth-order valence-electron chi connectivity index (χ4n) is 2.34. The van der Waals surface area contributed by atoms with Crippen LogP contribution in [-0.2, 0) is 10.0 Å². The number of hydrogen-bond donors (Lipinski definition) is 0. The largest absolute Gasteiger partial charge is 0.270 e. The van der Waals surface area contributed by atoms with Gasteiger partial charge in [-0.2, -0.15) is 4.39 Å². The Bertz CT molecular complexity index is 948. The van der Waals surface area contributed by atoms with Crippen molar-refractivity contribution in [2.45, 2.75) is 11.8 Å². The molecule has 0 unspecified atom stereocenters. The van der Waals surface area contributed by atoms with Crippen molar-refractivity contribution in [1.29, 1.82) is 0 Å². The third-order valence-electron chi connectivity index (χ3n) is 3.48. The van der Waals surface area contributed by atoms with Gasteiger partial charge in [0.15, 0.2) is 0 Å². The molecule has 118 valence electrons. The maximum atomic E-state index is 14.4. The number of hydrogen-bond acceptors (Lipinski definition) is 2. The third-order valence-corrected chi connectivity index (χ3v) is 5.79. The second-order valence-corrected chi connectivity index (χ2v) is 7.75. The van der Waals surface area contributed by atoms with Crippen molar-refractivity contribution in [3.8, 4) is 11.3 Å². The maximum Gasteiger partial charge on any atom is 0.270 e. The highest BCUT2D eigenvalue weighted by molar-refractivity contribution is 9.10. The van der Waals surface area contributed by atoms with E-state index >= 15 is 0 Å². The molecule has 0 aliphatic rings. The fourth-order valence-corrected chi connectivity index (χ4v) is 4.47. The van der Waals surface area contributed by atoms with Gasteiger partial charge in [0, 0.05) is 16.1 Å². The molecule has 3 aromatic rings. The number of rotatable bonds is 3. The van der Waals surface area contributed by atoms with Crippen LogP contribution in [0.25, 0.3) is 11.3 Å². The van der Waals surface area contributed by atoms with Crippen LogP contribution in [0.2, 0.25) is 0 Å². The predicted octanol–water partition coefficient (Wildman–Crippen LogP) is 4.60. The smallest absolute Gasteiger partial charge is 0.207 e. The maximum absolute atomic E-state index is 14.4. The molecule has 6 heteroatoms. The predicted molar refractivity (Wildman–Crippen MR) is 91.3 cm³/mol. The molecular formula is C17H13BrFNO2S. The van der Waals surface area contributed by atoms with Crippen LogP contribution in [0.3, 0.4) is 0 Å². The van der Waals surface area contributed by atoms with Crippen LogP contribution < -0.4 is 0 Å². The van der Waals surface area contributed by atoms with E-state index < -0.39 is 16.0 Å². The summed E-state index contributed by atoms with van der Waals surface area (Å²) in [5, 5.41) is 0. The van der Waals surface area contributed by atoms with E-state index in [1.54, 1.807) is 36.4 Å². The van der Waals surface area contributed by atoms with Crippen molar-refractivity contribution in [2.75, 3.05) is 0 Å². The van der Waals surface area contributed by atoms with Gasteiger partial charge in [-0.1, -0.05) is 48.0 Å². The quantitative estimate of drug-likeness (QED) is 0.651. The number of nitrogens with zero attached hydrogens (tertiary/aromatic N) is 1. The van der Waals surface area contributed by atoms with Crippen LogP contribution in [-0.4, -0.2) is 12.4 Å². The Kier molecular flexibility index (Phi) is 4.12. The van der Waals surface area contributed by atoms with E-state index in [0.29, 0.717) is 10.0 Å². The molecule has 0 spiro atoms. The van der Waals surface area contributed by atoms with Crippen LogP contribution >= 0.6 is 15.9 Å². The van der Waals surface area contributed by atoms with Gasteiger partial charge < -0.3 is 0 Å². The van der Waals surface area contributed by atoms with Crippen LogP contribution in [0.1, 0.15) is 5.56 Å². The molecule has 0 atom stereocenters. The summed E-state index contributed by atoms with van der Waals surface area (Å²) in [6, 6.07) is 16.3. The molecule has 3 rings (SSSR count). The average Bonchev–Trinajstić information content (AvgIpc) is 2.83. The Labute approximate surface area is 142 Å². The van der Waals surface area contributed by atoms with Gasteiger partial charge >= 0.3 is 0 Å². The Hall–Kier alpha value is -1.92. The molecule has 0 saturated heterocycles. The van der Waals surface area contributed by atoms with E-state index in [1.165, 1.54) is 12.1 Å². The molecule has 0 N–H and O–H groups in total. The average molecular weight is 394 g/mol. The van der Waals surface area contributed by atoms with Gasteiger partial charge in [-0.3, -0.25) is 0 Å². The second-order valence-electron chi connectivity index (χ2n) is 5.11. The summed E-state index contributed by atoms with van der Waals surface area (Å²) < 4.78 is 41.2. The van der Waals surface area contributed by atoms with E-state index in [0.717, 1.165) is 15.6 Å². The van der Waals surface area contributed by atoms with Gasteiger partial charge in [0.2, 0.25) is 5.95 Å². The molecule has 1 heterocycles. The van der Waals surface area contributed by atoms with E-state index in [-0.39, 0.29) is 10.6 Å². The summed E-state index contributed by atoms with van der Waals surface area (Å²) in [7, 11) is -4.03. The van der Waals surface area contributed by atoms with Crippen molar-refractivity contribution in [1.82, 2.24) is 3.97 Å². The lowest BCUT2D eigenvalue weighted by molar-refractivity contribution is 0.543. The molecule has 0 radical (unpaired) electrons. The molecule has 2 aromatic carbocycles. The zero-order chi connectivity index (χ0) is 16.6. The minimum absolute atomic E-state index is 0.0438. The van der Waals surface area contributed by atoms with Crippen LogP contribution in [0.5, 0.6) is 0 Å². The minimum Gasteiger partial charge on any atom is -0.207 e. The molecule has 0 bridgehead atoms. The molecule has 0 aliphatic carbocycles. The van der Waals surface area contributed by atoms with Crippen LogP contribution in [0.4, 0.5) is 4.39 Å². The van der Waals surface area contributed by atoms with E-state index in [9.17, 15) is 12.8 Å². The summed E-state index contributed by atoms with van der Waals surface area (Å²) in [4.78, 5) is 0.0438. The second kappa shape index (κ2) is 5.94. The van der Waals surface area contributed by atoms with Crippen molar-refractivity contribution in [2.24, 2.45) is 0 Å². The summed E-state index contributed by atoms with van der Waals surface area (Å²) in [6.07, 6.45) is 0. The molecule has 3 nitrogen and oxygen atoms in total. The normalized spacial score (nSPS) is 11.6. The monoisotopic (exact) mass is 393 g/mol. The topological polar surface area (TPSA) is 39.1 Å². The first-order chi connectivity index (χ1) is 10.9. The van der Waals surface area contributed by atoms with E-state index in [2.05, 4.69) is 15.9 Å². The molecule has 0 saturated carbocycles. The molecular weight excluding hydrogens is 381 g/mol. The van der Waals surface area contributed by atoms with E-state index in [1.807, 2.05) is 13.0 Å². The zero-order valence-electron chi connectivity index (χ0n) is 12.2. The first-order valence-electron chi connectivity index (χ1n) is 6.85. The molecule has 0 amide bonds. The van der Waals surface area contributed by atoms with Gasteiger partial charge in [0.05, 0.1) is 10.6 Å². The summed E-state index contributed by atoms with van der Waals surface area (Å²) in [6.45, 7) is 1.86. The molecule has 0 fully saturated rings. The SMILES string of the molecule is Cc1ccc(S(=O)(=O)n2c(F)cc(Br)c2-c2ccccc2)cc1. The van der Waals surface area contributed by atoms with Crippen molar-refractivity contribution in [3.05, 3.63) is 76.6 Å². The first kappa shape index (κ1) is 16.0. The summed E-state index contributed by atoms with van der Waals surface area (Å²) in [5.74, 6) is -0.837. The number of aromatic nitrogens is 1. The van der Waals surface area contributed by atoms with Crippen LogP contribution in [0, 0.1) is 12.9 Å². The van der Waals surface area contributed by atoms with Gasteiger partial charge in [0.25, 0.3) is 10.0 Å². The minimum atomic E-state index is -4.03. The molecule has 23 heavy (non-hydrogen) atoms. The highest BCUT2D eigenvalue weighted by atomic mass is 79.9. The van der Waals surface area contributed by atoms with Crippen molar-refractivity contribution >= 4 is 26.0 Å². The highest BCUT2D eigenvalue weighted by Gasteiger charge is 2.26. The van der Waals surface area contributed by atoms with Gasteiger partial charge in [0.1, 0.15) is 0 Å². The number of halogens is 2. The third kappa shape index (κ3) is 2.84. The number of aryl methyl sites for hydroxylation is 1. The molecule has 1 aromatic heterocycles. The van der Waals surface area contributed by atoms with Gasteiger partial charge in [-0.05, 0) is 35.0 Å². The van der Waals surface area contributed by atoms with E-state index in [4.69, 9.17) is 0 Å². The standard InChI is InChI=1S/C17H13BrFNO2S/c1-12-7-9-14(10-8-12)23(21,22)20-16(19)11-15(18)17(20)13-5-3-2-4-6-13/h2-11H,1H3. The van der Waals surface area contributed by atoms with Gasteiger partial charge in [-0.25, -0.2) is 12.4 Å². The Morgan fingerprint density at radius 2 is 1.61 bits per heavy atom. The highest BCUT2D eigenvalue weighted by Crippen LogP contribution is 2.34. The Balaban J connectivity index is 2.26. The Morgan fingerprint density at radius 1 is 1.00 bits per heavy atom. The Morgan fingerprint density at radius 3 is 2.22 bits per heavy atom. The lowest BCUT2D eigenvalue weighted by Crippen LogP contribution is -2.16. The first-order valence-corrected chi connectivity index (χ1v) is 9.09. The van der Waals surface area contributed by atoms with Gasteiger partial charge in [-0.15, -0.1) is 0 Å². The van der Waals surface area contributed by atoms with Crippen LogP contribution in [0.15, 0.2) is 70.0 Å².